The number of hydrogen-bond acceptors (Lipinski definition) is 10. The molecule has 1 heterocycles. The number of carbonyl (C=O) groups is 1. The zero-order valence-electron chi connectivity index (χ0n) is 23.8. The molecule has 4 aromatic carbocycles. The molecule has 11 heteroatoms. The fraction of sp³-hybridized carbons (Fsp3) is 0.469. The smallest absolute Gasteiger partial charge is 0.220 e. The number of nitrogens with one attached hydrogen (secondary N) is 1. The molecule has 0 unspecified atom stereocenters. The minimum atomic E-state index is -1.42. The second kappa shape index (κ2) is 12.2. The van der Waals surface area contributed by atoms with Gasteiger partial charge in [0.1, 0.15) is 30.5 Å². The van der Waals surface area contributed by atoms with Gasteiger partial charge in [-0.1, -0.05) is 54.6 Å². The van der Waals surface area contributed by atoms with E-state index < -0.39 is 61.0 Å². The molecule has 0 spiro atoms. The topological polar surface area (TPSA) is 207 Å². The second-order valence-electron chi connectivity index (χ2n) is 12.0. The molecule has 230 valence electrons. The average molecular weight is 593 g/mol. The number of amides is 1. The van der Waals surface area contributed by atoms with E-state index in [0.717, 1.165) is 0 Å². The van der Waals surface area contributed by atoms with Crippen molar-refractivity contribution in [1.82, 2.24) is 5.32 Å². The predicted molar refractivity (Wildman–Crippen MR) is 162 cm³/mol. The minimum absolute atomic E-state index is 0.0882. The highest BCUT2D eigenvalue weighted by Crippen LogP contribution is 2.36. The summed E-state index contributed by atoms with van der Waals surface area (Å²) in [4.78, 5) is 12.8. The fourth-order valence-electron chi connectivity index (χ4n) is 6.62. The number of benzene rings is 4. The van der Waals surface area contributed by atoms with E-state index in [4.69, 9.17) is 26.7 Å². The molecule has 2 aliphatic rings. The van der Waals surface area contributed by atoms with Crippen LogP contribution in [0.25, 0.3) is 32.3 Å². The summed E-state index contributed by atoms with van der Waals surface area (Å²) in [7, 11) is 0. The second-order valence-corrected chi connectivity index (χ2v) is 12.0. The van der Waals surface area contributed by atoms with Gasteiger partial charge in [-0.25, -0.2) is 0 Å². The van der Waals surface area contributed by atoms with Crippen LogP contribution in [0, 0.1) is 0 Å². The molecule has 11 N–H and O–H groups in total. The maximum absolute atomic E-state index is 12.8. The normalized spacial score (nSPS) is 33.4. The lowest BCUT2D eigenvalue weighted by Gasteiger charge is -2.45. The van der Waals surface area contributed by atoms with E-state index >= 15 is 0 Å². The van der Waals surface area contributed by atoms with Crippen molar-refractivity contribution in [3.05, 3.63) is 60.2 Å². The van der Waals surface area contributed by atoms with Crippen LogP contribution in [-0.2, 0) is 20.7 Å². The first kappa shape index (κ1) is 30.1. The number of carbonyl (C=O) groups excluding carboxylic acids is 1. The SMILES string of the molecule is N[C@H]1[C@@H](O[C@H]2[C@H](O)[C@@H](O)[C@H](N)C[C@@H]2N)O[C@H](CNC(=O)CCCc2ccc3ccc4cccc5ccc2c3c45)[C@@H](O)[C@@H]1O. The van der Waals surface area contributed by atoms with E-state index in [1.54, 1.807) is 0 Å². The van der Waals surface area contributed by atoms with Gasteiger partial charge >= 0.3 is 0 Å². The Balaban J connectivity index is 1.05. The molecule has 2 fully saturated rings. The first-order chi connectivity index (χ1) is 20.6. The summed E-state index contributed by atoms with van der Waals surface area (Å²) in [5.41, 5.74) is 19.1. The maximum Gasteiger partial charge on any atom is 0.220 e. The van der Waals surface area contributed by atoms with Crippen molar-refractivity contribution in [2.24, 2.45) is 17.2 Å². The summed E-state index contributed by atoms with van der Waals surface area (Å²) in [5.74, 6) is -0.225. The van der Waals surface area contributed by atoms with Gasteiger partial charge in [0.25, 0.3) is 0 Å². The molecule has 1 saturated heterocycles. The highest BCUT2D eigenvalue weighted by Gasteiger charge is 2.48. The van der Waals surface area contributed by atoms with Crippen LogP contribution in [0.5, 0.6) is 0 Å². The Kier molecular flexibility index (Phi) is 8.53. The molecule has 6 rings (SSSR count). The standard InChI is InChI=1S/C32H40N4O7/c33-20-13-21(34)31(30(41)27(20)38)43-32-26(35)29(40)28(39)22(42-32)14-36-23(37)6-2-3-15-7-8-18-10-9-16-4-1-5-17-11-12-19(15)25(18)24(16)17/h1,4-5,7-12,20-22,26-32,38-41H,2-3,6,13-14,33-35H2,(H,36,37)/t20-,21+,22-,26-,27+,28-,29-,30-,31-,32-/m1/s1. The third-order valence-electron chi connectivity index (χ3n) is 9.10. The van der Waals surface area contributed by atoms with Crippen molar-refractivity contribution in [2.45, 2.75) is 86.7 Å². The Morgan fingerprint density at radius 1 is 0.837 bits per heavy atom. The van der Waals surface area contributed by atoms with Crippen LogP contribution in [0.1, 0.15) is 24.8 Å². The van der Waals surface area contributed by atoms with Gasteiger partial charge in [0, 0.05) is 25.0 Å². The van der Waals surface area contributed by atoms with Crippen molar-refractivity contribution in [1.29, 1.82) is 0 Å². The monoisotopic (exact) mass is 592 g/mol. The lowest BCUT2D eigenvalue weighted by atomic mass is 9.84. The predicted octanol–water partition coefficient (Wildman–Crippen LogP) is -0.0378. The summed E-state index contributed by atoms with van der Waals surface area (Å²) in [6.45, 7) is -0.0882. The Labute approximate surface area is 248 Å². The van der Waals surface area contributed by atoms with Crippen molar-refractivity contribution >= 4 is 38.2 Å². The van der Waals surface area contributed by atoms with E-state index in [0.29, 0.717) is 12.8 Å². The highest BCUT2D eigenvalue weighted by atomic mass is 16.7. The molecule has 1 saturated carbocycles. The van der Waals surface area contributed by atoms with Crippen LogP contribution in [0.2, 0.25) is 0 Å². The Bertz CT molecular complexity index is 1570. The maximum atomic E-state index is 12.8. The quantitative estimate of drug-likeness (QED) is 0.128. The minimum Gasteiger partial charge on any atom is -0.389 e. The molecule has 4 aromatic rings. The number of aliphatic hydroxyl groups excluding tert-OH is 4. The van der Waals surface area contributed by atoms with Gasteiger partial charge in [-0.15, -0.1) is 0 Å². The summed E-state index contributed by atoms with van der Waals surface area (Å²) in [6.07, 6.45) is -6.97. The van der Waals surface area contributed by atoms with Crippen LogP contribution in [0.15, 0.2) is 54.6 Å². The summed E-state index contributed by atoms with van der Waals surface area (Å²) >= 11 is 0. The van der Waals surface area contributed by atoms with Crippen LogP contribution in [-0.4, -0.2) is 93.9 Å². The van der Waals surface area contributed by atoms with Gasteiger partial charge in [0.05, 0.1) is 12.1 Å². The number of ether oxygens (including phenoxy) is 2. The molecule has 11 nitrogen and oxygen atoms in total. The van der Waals surface area contributed by atoms with Crippen LogP contribution in [0.4, 0.5) is 0 Å². The first-order valence-corrected chi connectivity index (χ1v) is 14.9. The van der Waals surface area contributed by atoms with E-state index in [1.165, 1.54) is 37.9 Å². The zero-order chi connectivity index (χ0) is 30.4. The lowest BCUT2D eigenvalue weighted by molar-refractivity contribution is -0.288. The summed E-state index contributed by atoms with van der Waals surface area (Å²) in [5, 5.41) is 51.8. The fourth-order valence-corrected chi connectivity index (χ4v) is 6.62. The van der Waals surface area contributed by atoms with Gasteiger partial charge in [0.2, 0.25) is 5.91 Å². The average Bonchev–Trinajstić information content (AvgIpc) is 3.00. The Morgan fingerprint density at radius 2 is 1.51 bits per heavy atom. The van der Waals surface area contributed by atoms with Crippen LogP contribution in [0.3, 0.4) is 0 Å². The molecule has 43 heavy (non-hydrogen) atoms. The third-order valence-corrected chi connectivity index (χ3v) is 9.10. The molecular formula is C32H40N4O7. The molecule has 0 radical (unpaired) electrons. The summed E-state index contributed by atoms with van der Waals surface area (Å²) in [6, 6.07) is 16.6. The highest BCUT2D eigenvalue weighted by molar-refractivity contribution is 6.23. The Morgan fingerprint density at radius 3 is 2.26 bits per heavy atom. The number of hydrogen-bond donors (Lipinski definition) is 8. The van der Waals surface area contributed by atoms with Crippen molar-refractivity contribution in [3.8, 4) is 0 Å². The van der Waals surface area contributed by atoms with E-state index in [-0.39, 0.29) is 25.3 Å². The molecule has 1 aliphatic heterocycles. The van der Waals surface area contributed by atoms with Crippen molar-refractivity contribution < 1.29 is 34.7 Å². The van der Waals surface area contributed by atoms with Gasteiger partial charge in [0.15, 0.2) is 6.29 Å². The molecule has 1 amide bonds. The van der Waals surface area contributed by atoms with E-state index in [2.05, 4.69) is 59.9 Å². The van der Waals surface area contributed by atoms with Crippen molar-refractivity contribution in [2.75, 3.05) is 6.54 Å². The lowest BCUT2D eigenvalue weighted by Crippen LogP contribution is -2.67. The van der Waals surface area contributed by atoms with Crippen molar-refractivity contribution in [3.63, 3.8) is 0 Å². The van der Waals surface area contributed by atoms with Crippen LogP contribution < -0.4 is 22.5 Å². The largest absolute Gasteiger partial charge is 0.389 e. The van der Waals surface area contributed by atoms with Gasteiger partial charge in [-0.2, -0.15) is 0 Å². The first-order valence-electron chi connectivity index (χ1n) is 14.9. The van der Waals surface area contributed by atoms with Gasteiger partial charge in [-0.05, 0) is 57.1 Å². The summed E-state index contributed by atoms with van der Waals surface area (Å²) < 4.78 is 11.6. The molecule has 0 bridgehead atoms. The van der Waals surface area contributed by atoms with Crippen LogP contribution >= 0.6 is 0 Å². The molecular weight excluding hydrogens is 552 g/mol. The number of aliphatic hydroxyl groups is 4. The molecule has 1 aliphatic carbocycles. The third kappa shape index (κ3) is 5.68. The number of rotatable bonds is 8. The van der Waals surface area contributed by atoms with Gasteiger partial charge < -0.3 is 52.4 Å². The van der Waals surface area contributed by atoms with Gasteiger partial charge in [-0.3, -0.25) is 4.79 Å². The molecule has 0 aromatic heterocycles. The van der Waals surface area contributed by atoms with E-state index in [9.17, 15) is 25.2 Å². The Hall–Kier alpha value is -2.97. The molecule has 10 atom stereocenters. The number of aryl methyl sites for hydroxylation is 1. The number of nitrogens with two attached hydrogens (primary N) is 3. The van der Waals surface area contributed by atoms with E-state index in [1.807, 2.05) is 0 Å². The zero-order valence-corrected chi connectivity index (χ0v) is 23.8.